The molecule has 5 N–H and O–H groups in total. The molecule has 0 atom stereocenters. The first-order valence-corrected chi connectivity index (χ1v) is 13.0. The van der Waals surface area contributed by atoms with E-state index in [2.05, 4.69) is 27.0 Å². The highest BCUT2D eigenvalue weighted by molar-refractivity contribution is 6.33. The summed E-state index contributed by atoms with van der Waals surface area (Å²) in [6.07, 6.45) is 2.38. The number of aliphatic imine (C=N–C) groups is 1. The number of nitriles is 1. The molecular weight excluding hydrogens is 581 g/mol. The van der Waals surface area contributed by atoms with Gasteiger partial charge in [-0.2, -0.15) is 15.3 Å². The average Bonchev–Trinajstić information content (AvgIpc) is 3.29. The van der Waals surface area contributed by atoms with Crippen LogP contribution in [0.5, 0.6) is 0 Å². The van der Waals surface area contributed by atoms with Crippen LogP contribution in [0, 0.1) is 17.1 Å². The highest BCUT2D eigenvalue weighted by Crippen LogP contribution is 2.31. The number of halogens is 2. The maximum atomic E-state index is 14.8. The molecule has 3 rings (SSSR count). The summed E-state index contributed by atoms with van der Waals surface area (Å²) >= 11 is 6.35. The summed E-state index contributed by atoms with van der Waals surface area (Å²) in [7, 11) is 0. The minimum atomic E-state index is -1.05. The lowest BCUT2D eigenvalue weighted by molar-refractivity contribution is 0.00910. The number of nitrogens with one attached hydrogen (secondary N) is 1. The summed E-state index contributed by atoms with van der Waals surface area (Å²) < 4.78 is 26.8. The van der Waals surface area contributed by atoms with E-state index in [-0.39, 0.29) is 50.2 Å². The molecule has 3 aromatic rings. The van der Waals surface area contributed by atoms with Crippen molar-refractivity contribution in [1.82, 2.24) is 19.7 Å². The average molecular weight is 612 g/mol. The van der Waals surface area contributed by atoms with Gasteiger partial charge < -0.3 is 26.3 Å². The van der Waals surface area contributed by atoms with Gasteiger partial charge in [-0.15, -0.1) is 0 Å². The van der Waals surface area contributed by atoms with Crippen molar-refractivity contribution in [2.24, 2.45) is 10.7 Å². The van der Waals surface area contributed by atoms with Crippen LogP contribution in [0.4, 0.5) is 25.5 Å². The van der Waals surface area contributed by atoms with Gasteiger partial charge in [0.25, 0.3) is 0 Å². The standard InChI is InChI=1S/C28H31ClFN9O4/c1-15(39(25(40)42-27(2,3)4)26(41)43-28(5,6)7)8-21(35-14-32)36-24-18-13-38(37-22(18)20(30)12-34-24)23-16(11-31)9-17(33)10-19(23)29/h8-10,12-14H,1,33H2,2-7H3,(H2,32,35)(H,34,36)/b21-8+. The molecule has 0 saturated carbocycles. The van der Waals surface area contributed by atoms with Crippen molar-refractivity contribution in [3.63, 3.8) is 0 Å². The Kier molecular flexibility index (Phi) is 9.31. The van der Waals surface area contributed by atoms with E-state index in [4.69, 9.17) is 32.5 Å². The number of rotatable bonds is 6. The fourth-order valence-corrected chi connectivity index (χ4v) is 3.90. The number of amides is 2. The van der Waals surface area contributed by atoms with Crippen molar-refractivity contribution in [3.05, 3.63) is 65.1 Å². The van der Waals surface area contributed by atoms with Gasteiger partial charge in [-0.25, -0.2) is 28.6 Å². The normalized spacial score (nSPS) is 12.2. The van der Waals surface area contributed by atoms with Gasteiger partial charge in [-0.3, -0.25) is 0 Å². The number of aromatic nitrogens is 3. The number of benzene rings is 1. The number of carbonyl (C=O) groups excluding carboxylic acids is 2. The first-order chi connectivity index (χ1) is 19.9. The number of nitrogen functional groups attached to an aromatic ring is 1. The fraction of sp³-hybridized carbons (Fsp3) is 0.286. The number of hydrogen-bond acceptors (Lipinski definition) is 10. The third-order valence-corrected chi connectivity index (χ3v) is 5.43. The third-order valence-electron chi connectivity index (χ3n) is 5.14. The van der Waals surface area contributed by atoms with Crippen molar-refractivity contribution in [2.75, 3.05) is 11.1 Å². The van der Waals surface area contributed by atoms with E-state index in [0.717, 1.165) is 12.5 Å². The smallest absolute Gasteiger partial charge is 0.424 e. The number of hydrogen-bond donors (Lipinski definition) is 3. The van der Waals surface area contributed by atoms with Gasteiger partial charge in [0.2, 0.25) is 0 Å². The fourth-order valence-electron chi connectivity index (χ4n) is 3.58. The Morgan fingerprint density at radius 2 is 1.81 bits per heavy atom. The van der Waals surface area contributed by atoms with E-state index in [1.54, 1.807) is 41.5 Å². The summed E-state index contributed by atoms with van der Waals surface area (Å²) in [5.74, 6) is -0.762. The van der Waals surface area contributed by atoms with E-state index in [0.29, 0.717) is 4.90 Å². The topological polar surface area (TPSA) is 187 Å². The number of pyridine rings is 1. The summed E-state index contributed by atoms with van der Waals surface area (Å²) in [5.41, 5.74) is 9.69. The quantitative estimate of drug-likeness (QED) is 0.137. The summed E-state index contributed by atoms with van der Waals surface area (Å²) in [4.78, 5) is 34.7. The van der Waals surface area contributed by atoms with Gasteiger partial charge in [0.15, 0.2) is 5.82 Å². The summed E-state index contributed by atoms with van der Waals surface area (Å²) in [6.45, 7) is 13.6. The van der Waals surface area contributed by atoms with E-state index in [1.807, 2.05) is 6.07 Å². The van der Waals surface area contributed by atoms with E-state index in [1.165, 1.54) is 29.1 Å². The molecule has 0 aliphatic carbocycles. The molecule has 0 aliphatic rings. The number of allylic oxidation sites excluding steroid dienone is 1. The molecule has 13 nitrogen and oxygen atoms in total. The van der Waals surface area contributed by atoms with Crippen LogP contribution in [0.25, 0.3) is 16.6 Å². The van der Waals surface area contributed by atoms with Crippen LogP contribution in [0.2, 0.25) is 5.02 Å². The van der Waals surface area contributed by atoms with Crippen LogP contribution < -0.4 is 16.8 Å². The number of fused-ring (bicyclic) bond motifs is 1. The van der Waals surface area contributed by atoms with Gasteiger partial charge in [-0.05, 0) is 53.7 Å². The second-order valence-corrected chi connectivity index (χ2v) is 11.4. The van der Waals surface area contributed by atoms with Crippen molar-refractivity contribution in [1.29, 1.82) is 5.26 Å². The summed E-state index contributed by atoms with van der Waals surface area (Å²) in [5, 5.41) is 17.0. The molecule has 0 fully saturated rings. The SMILES string of the molecule is C=C(/C=C(\N=C/N)Nc1ncc(F)c2nn(-c3c(Cl)cc(N)cc3C#N)cc12)N(C(=O)OC(C)(C)C)C(=O)OC(C)(C)C. The van der Waals surface area contributed by atoms with Crippen molar-refractivity contribution < 1.29 is 23.5 Å². The minimum Gasteiger partial charge on any atom is -0.443 e. The maximum absolute atomic E-state index is 14.8. The number of nitrogens with two attached hydrogens (primary N) is 2. The van der Waals surface area contributed by atoms with Crippen molar-refractivity contribution >= 4 is 52.5 Å². The molecule has 2 aromatic heterocycles. The van der Waals surface area contributed by atoms with Crippen LogP contribution >= 0.6 is 11.6 Å². The van der Waals surface area contributed by atoms with Crippen LogP contribution in [-0.4, -0.2) is 49.4 Å². The van der Waals surface area contributed by atoms with Crippen molar-refractivity contribution in [3.8, 4) is 11.8 Å². The predicted molar refractivity (Wildman–Crippen MR) is 161 cm³/mol. The Hall–Kier alpha value is -5.16. The molecule has 0 radical (unpaired) electrons. The number of ether oxygens (including phenoxy) is 2. The molecular formula is C28H31ClFN9O4. The van der Waals surface area contributed by atoms with E-state index < -0.39 is 29.2 Å². The molecule has 15 heteroatoms. The highest BCUT2D eigenvalue weighted by atomic mass is 35.5. The maximum Gasteiger partial charge on any atom is 0.424 e. The molecule has 0 unspecified atom stereocenters. The van der Waals surface area contributed by atoms with E-state index in [9.17, 15) is 19.2 Å². The Morgan fingerprint density at radius 3 is 2.35 bits per heavy atom. The zero-order valence-corrected chi connectivity index (χ0v) is 25.2. The molecule has 226 valence electrons. The summed E-state index contributed by atoms with van der Waals surface area (Å²) in [6, 6.07) is 4.83. The zero-order chi connectivity index (χ0) is 32.3. The number of imide groups is 1. The third kappa shape index (κ3) is 7.98. The lowest BCUT2D eigenvalue weighted by atomic mass is 10.1. The number of anilines is 2. The Labute approximate surface area is 252 Å². The minimum absolute atomic E-state index is 0.0541. The Morgan fingerprint density at radius 1 is 1.21 bits per heavy atom. The molecule has 2 amide bonds. The number of carbonyl (C=O) groups is 2. The van der Waals surface area contributed by atoms with E-state index >= 15 is 0 Å². The zero-order valence-electron chi connectivity index (χ0n) is 24.4. The molecule has 43 heavy (non-hydrogen) atoms. The second-order valence-electron chi connectivity index (χ2n) is 11.0. The highest BCUT2D eigenvalue weighted by Gasteiger charge is 2.33. The van der Waals surface area contributed by atoms with Crippen LogP contribution in [-0.2, 0) is 9.47 Å². The van der Waals surface area contributed by atoms with Crippen LogP contribution in [0.15, 0.2) is 53.7 Å². The van der Waals surface area contributed by atoms with Crippen LogP contribution in [0.1, 0.15) is 47.1 Å². The largest absolute Gasteiger partial charge is 0.443 e. The van der Waals surface area contributed by atoms with Gasteiger partial charge in [0.05, 0.1) is 34.2 Å². The number of nitrogens with zero attached hydrogens (tertiary/aromatic N) is 6. The first kappa shape index (κ1) is 32.4. The molecule has 0 saturated heterocycles. The second kappa shape index (κ2) is 12.4. The lowest BCUT2D eigenvalue weighted by Gasteiger charge is -2.28. The van der Waals surface area contributed by atoms with Crippen molar-refractivity contribution in [2.45, 2.75) is 52.7 Å². The van der Waals surface area contributed by atoms with Gasteiger partial charge in [0, 0.05) is 18.0 Å². The Balaban J connectivity index is 2.08. The molecule has 0 bridgehead atoms. The molecule has 2 heterocycles. The molecule has 0 aliphatic heterocycles. The Bertz CT molecular complexity index is 1670. The van der Waals surface area contributed by atoms with Crippen LogP contribution in [0.3, 0.4) is 0 Å². The van der Waals surface area contributed by atoms with Gasteiger partial charge in [-0.1, -0.05) is 18.2 Å². The first-order valence-electron chi connectivity index (χ1n) is 12.7. The predicted octanol–water partition coefficient (Wildman–Crippen LogP) is 5.59. The van der Waals surface area contributed by atoms with Gasteiger partial charge >= 0.3 is 12.2 Å². The lowest BCUT2D eigenvalue weighted by Crippen LogP contribution is -2.42. The monoisotopic (exact) mass is 611 g/mol. The molecule has 1 aromatic carbocycles. The van der Waals surface area contributed by atoms with Gasteiger partial charge in [0.1, 0.15) is 40.1 Å². The molecule has 0 spiro atoms.